The molecule has 0 saturated heterocycles. The SMILES string of the molecule is O=C(O)CN(Cc1ccccn1)C(=O)OCC1c2ccccc2-c2ccccc21. The summed E-state index contributed by atoms with van der Waals surface area (Å²) in [6.45, 7) is -0.234. The minimum absolute atomic E-state index is 0.0732. The fraction of sp³-hybridized carbons (Fsp3) is 0.174. The fourth-order valence-corrected chi connectivity index (χ4v) is 3.72. The molecule has 6 nitrogen and oxygen atoms in total. The van der Waals surface area contributed by atoms with Crippen LogP contribution < -0.4 is 0 Å². The smallest absolute Gasteiger partial charge is 0.410 e. The third-order valence-electron chi connectivity index (χ3n) is 5.00. The molecule has 2 aromatic carbocycles. The van der Waals surface area contributed by atoms with Gasteiger partial charge in [-0.25, -0.2) is 4.79 Å². The first-order valence-corrected chi connectivity index (χ1v) is 9.35. The van der Waals surface area contributed by atoms with Gasteiger partial charge in [-0.1, -0.05) is 54.6 Å². The summed E-state index contributed by atoms with van der Waals surface area (Å²) in [6, 6.07) is 21.4. The van der Waals surface area contributed by atoms with Crippen LogP contribution in [0.4, 0.5) is 4.79 Å². The third-order valence-corrected chi connectivity index (χ3v) is 5.00. The van der Waals surface area contributed by atoms with E-state index in [1.807, 2.05) is 36.4 Å². The van der Waals surface area contributed by atoms with E-state index in [4.69, 9.17) is 4.74 Å². The molecule has 1 aliphatic rings. The summed E-state index contributed by atoms with van der Waals surface area (Å²) in [6.07, 6.45) is 0.936. The van der Waals surface area contributed by atoms with Crippen LogP contribution in [0, 0.1) is 0 Å². The molecule has 0 unspecified atom stereocenters. The molecule has 1 amide bonds. The zero-order valence-electron chi connectivity index (χ0n) is 15.7. The Hall–Kier alpha value is -3.67. The van der Waals surface area contributed by atoms with E-state index in [1.54, 1.807) is 24.4 Å². The van der Waals surface area contributed by atoms with Gasteiger partial charge in [0, 0.05) is 12.1 Å². The number of aromatic nitrogens is 1. The summed E-state index contributed by atoms with van der Waals surface area (Å²) in [5, 5.41) is 9.18. The molecule has 0 spiro atoms. The number of nitrogens with zero attached hydrogens (tertiary/aromatic N) is 2. The molecule has 4 rings (SSSR count). The summed E-state index contributed by atoms with van der Waals surface area (Å²) >= 11 is 0. The normalized spacial score (nSPS) is 12.1. The van der Waals surface area contributed by atoms with Crippen molar-refractivity contribution in [3.8, 4) is 11.1 Å². The van der Waals surface area contributed by atoms with E-state index in [9.17, 15) is 14.7 Å². The number of rotatable bonds is 6. The van der Waals surface area contributed by atoms with Crippen LogP contribution in [-0.4, -0.2) is 40.2 Å². The number of pyridine rings is 1. The van der Waals surface area contributed by atoms with Gasteiger partial charge in [0.15, 0.2) is 0 Å². The van der Waals surface area contributed by atoms with Gasteiger partial charge < -0.3 is 9.84 Å². The first-order chi connectivity index (χ1) is 14.1. The van der Waals surface area contributed by atoms with Crippen molar-refractivity contribution in [1.82, 2.24) is 9.88 Å². The highest BCUT2D eigenvalue weighted by Crippen LogP contribution is 2.44. The van der Waals surface area contributed by atoms with Crippen molar-refractivity contribution in [2.24, 2.45) is 0 Å². The average Bonchev–Trinajstić information content (AvgIpc) is 3.06. The number of benzene rings is 2. The van der Waals surface area contributed by atoms with Crippen molar-refractivity contribution in [1.29, 1.82) is 0 Å². The maximum Gasteiger partial charge on any atom is 0.410 e. The molecular formula is C23H20N2O4. The van der Waals surface area contributed by atoms with Gasteiger partial charge in [-0.2, -0.15) is 0 Å². The van der Waals surface area contributed by atoms with E-state index < -0.39 is 18.6 Å². The second-order valence-electron chi connectivity index (χ2n) is 6.87. The van der Waals surface area contributed by atoms with Gasteiger partial charge in [0.2, 0.25) is 0 Å². The van der Waals surface area contributed by atoms with Crippen LogP contribution in [0.5, 0.6) is 0 Å². The maximum absolute atomic E-state index is 12.7. The van der Waals surface area contributed by atoms with Crippen LogP contribution in [0.25, 0.3) is 11.1 Å². The topological polar surface area (TPSA) is 79.7 Å². The lowest BCUT2D eigenvalue weighted by Gasteiger charge is -2.21. The Morgan fingerprint density at radius 1 is 0.931 bits per heavy atom. The van der Waals surface area contributed by atoms with Crippen LogP contribution >= 0.6 is 0 Å². The van der Waals surface area contributed by atoms with Gasteiger partial charge in [-0.15, -0.1) is 0 Å². The van der Waals surface area contributed by atoms with E-state index in [2.05, 4.69) is 17.1 Å². The highest BCUT2D eigenvalue weighted by Gasteiger charge is 2.30. The van der Waals surface area contributed by atoms with Gasteiger partial charge in [0.25, 0.3) is 0 Å². The molecule has 1 aromatic heterocycles. The van der Waals surface area contributed by atoms with Crippen LogP contribution in [0.3, 0.4) is 0 Å². The van der Waals surface area contributed by atoms with Gasteiger partial charge in [0.1, 0.15) is 13.2 Å². The van der Waals surface area contributed by atoms with Crippen molar-refractivity contribution in [2.45, 2.75) is 12.5 Å². The first kappa shape index (κ1) is 18.7. The molecular weight excluding hydrogens is 368 g/mol. The van der Waals surface area contributed by atoms with Crippen molar-refractivity contribution in [3.05, 3.63) is 89.7 Å². The van der Waals surface area contributed by atoms with Gasteiger partial charge in [-0.05, 0) is 34.4 Å². The Morgan fingerprint density at radius 3 is 2.14 bits per heavy atom. The molecule has 0 atom stereocenters. The van der Waals surface area contributed by atoms with Gasteiger partial charge in [0.05, 0.1) is 12.2 Å². The molecule has 1 aliphatic carbocycles. The number of aliphatic carboxylic acids is 1. The van der Waals surface area contributed by atoms with Crippen LogP contribution in [0.15, 0.2) is 72.9 Å². The third kappa shape index (κ3) is 3.96. The maximum atomic E-state index is 12.7. The second-order valence-corrected chi connectivity index (χ2v) is 6.87. The number of carbonyl (C=O) groups is 2. The quantitative estimate of drug-likeness (QED) is 0.692. The Labute approximate surface area is 168 Å². The minimum atomic E-state index is -1.10. The number of hydrogen-bond donors (Lipinski definition) is 1. The van der Waals surface area contributed by atoms with E-state index in [1.165, 1.54) is 0 Å². The monoisotopic (exact) mass is 388 g/mol. The molecule has 1 heterocycles. The van der Waals surface area contributed by atoms with Crippen molar-refractivity contribution < 1.29 is 19.4 Å². The standard InChI is InChI=1S/C23H20N2O4/c26-22(27)14-25(13-16-7-5-6-12-24-16)23(28)29-15-21-19-10-3-1-8-17(19)18-9-2-4-11-20(18)21/h1-12,21H,13-15H2,(H,26,27). The lowest BCUT2D eigenvalue weighted by molar-refractivity contribution is -0.138. The molecule has 0 saturated carbocycles. The lowest BCUT2D eigenvalue weighted by Crippen LogP contribution is -2.36. The zero-order chi connectivity index (χ0) is 20.2. The number of carboxylic acid groups (broad SMARTS) is 1. The Bertz CT molecular complexity index is 990. The number of carbonyl (C=O) groups excluding carboxylic acids is 1. The molecule has 146 valence electrons. The Morgan fingerprint density at radius 2 is 1.55 bits per heavy atom. The van der Waals surface area contributed by atoms with Crippen molar-refractivity contribution in [3.63, 3.8) is 0 Å². The zero-order valence-corrected chi connectivity index (χ0v) is 15.7. The Balaban J connectivity index is 1.51. The van der Waals surface area contributed by atoms with Crippen molar-refractivity contribution in [2.75, 3.05) is 13.2 Å². The second kappa shape index (κ2) is 8.14. The van der Waals surface area contributed by atoms with Crippen LogP contribution in [-0.2, 0) is 16.1 Å². The largest absolute Gasteiger partial charge is 0.480 e. The Kier molecular flexibility index (Phi) is 5.24. The highest BCUT2D eigenvalue weighted by molar-refractivity contribution is 5.79. The average molecular weight is 388 g/mol. The van der Waals surface area contributed by atoms with Crippen LogP contribution in [0.1, 0.15) is 22.7 Å². The molecule has 0 aliphatic heterocycles. The number of hydrogen-bond acceptors (Lipinski definition) is 4. The minimum Gasteiger partial charge on any atom is -0.480 e. The molecule has 0 radical (unpaired) electrons. The summed E-state index contributed by atoms with van der Waals surface area (Å²) < 4.78 is 5.57. The highest BCUT2D eigenvalue weighted by atomic mass is 16.6. The van der Waals surface area contributed by atoms with Crippen LogP contribution in [0.2, 0.25) is 0 Å². The summed E-state index contributed by atoms with van der Waals surface area (Å²) in [7, 11) is 0. The fourth-order valence-electron chi connectivity index (χ4n) is 3.72. The van der Waals surface area contributed by atoms with E-state index in [-0.39, 0.29) is 19.1 Å². The summed E-state index contributed by atoms with van der Waals surface area (Å²) in [4.78, 5) is 29.2. The van der Waals surface area contributed by atoms with E-state index >= 15 is 0 Å². The van der Waals surface area contributed by atoms with E-state index in [0.29, 0.717) is 5.69 Å². The molecule has 3 aromatic rings. The van der Waals surface area contributed by atoms with Crippen molar-refractivity contribution >= 4 is 12.1 Å². The number of fused-ring (bicyclic) bond motifs is 3. The predicted molar refractivity (Wildman–Crippen MR) is 107 cm³/mol. The van der Waals surface area contributed by atoms with E-state index in [0.717, 1.165) is 27.2 Å². The number of carboxylic acids is 1. The van der Waals surface area contributed by atoms with Gasteiger partial charge in [-0.3, -0.25) is 14.7 Å². The molecule has 6 heteroatoms. The molecule has 0 fully saturated rings. The number of amides is 1. The first-order valence-electron chi connectivity index (χ1n) is 9.35. The summed E-state index contributed by atoms with van der Waals surface area (Å²) in [5.74, 6) is -1.18. The molecule has 0 bridgehead atoms. The molecule has 29 heavy (non-hydrogen) atoms. The number of ether oxygens (including phenoxy) is 1. The predicted octanol–water partition coefficient (Wildman–Crippen LogP) is 3.92. The van der Waals surface area contributed by atoms with Gasteiger partial charge >= 0.3 is 12.1 Å². The molecule has 1 N–H and O–H groups in total. The summed E-state index contributed by atoms with van der Waals surface area (Å²) in [5.41, 5.74) is 5.09. The lowest BCUT2D eigenvalue weighted by atomic mass is 9.98.